The van der Waals surface area contributed by atoms with Gasteiger partial charge in [0.2, 0.25) is 0 Å². The number of halogens is 1. The zero-order chi connectivity index (χ0) is 11.3. The number of ether oxygens (including phenoxy) is 1. The standard InChI is InChI=1S/C7H13BrO6/c1-14-7(13)6(12)5(11)4(10)3(9)2-8/h3-6,9-12H,2H2,1H3/t3-,4+,5+,6-/m0/s1. The number of alkyl halides is 1. The highest BCUT2D eigenvalue weighted by molar-refractivity contribution is 9.09. The lowest BCUT2D eigenvalue weighted by atomic mass is 10.0. The molecule has 0 spiro atoms. The molecule has 0 fully saturated rings. The van der Waals surface area contributed by atoms with Crippen molar-refractivity contribution in [2.45, 2.75) is 24.4 Å². The molecule has 4 atom stereocenters. The van der Waals surface area contributed by atoms with Gasteiger partial charge >= 0.3 is 5.97 Å². The molecule has 0 radical (unpaired) electrons. The summed E-state index contributed by atoms with van der Waals surface area (Å²) in [7, 11) is 1.03. The molecule has 0 bridgehead atoms. The zero-order valence-electron chi connectivity index (χ0n) is 7.50. The van der Waals surface area contributed by atoms with Crippen molar-refractivity contribution in [1.82, 2.24) is 0 Å². The molecule has 0 aromatic carbocycles. The summed E-state index contributed by atoms with van der Waals surface area (Å²) in [6.45, 7) is 0. The predicted octanol–water partition coefficient (Wildman–Crippen LogP) is -2.00. The normalized spacial score (nSPS) is 19.6. The smallest absolute Gasteiger partial charge is 0.337 e. The number of carbonyl (C=O) groups is 1. The Morgan fingerprint density at radius 2 is 1.79 bits per heavy atom. The maximum Gasteiger partial charge on any atom is 0.337 e. The van der Waals surface area contributed by atoms with Crippen LogP contribution in [-0.4, -0.2) is 63.3 Å². The molecular formula is C7H13BrO6. The first-order valence-corrected chi connectivity index (χ1v) is 4.93. The summed E-state index contributed by atoms with van der Waals surface area (Å²) < 4.78 is 4.14. The molecule has 0 saturated carbocycles. The monoisotopic (exact) mass is 272 g/mol. The van der Waals surface area contributed by atoms with E-state index in [4.69, 9.17) is 10.2 Å². The van der Waals surface area contributed by atoms with Gasteiger partial charge in [-0.15, -0.1) is 0 Å². The molecule has 0 heterocycles. The van der Waals surface area contributed by atoms with E-state index in [9.17, 15) is 15.0 Å². The Labute approximate surface area is 89.2 Å². The van der Waals surface area contributed by atoms with Crippen LogP contribution >= 0.6 is 15.9 Å². The average Bonchev–Trinajstić information content (AvgIpc) is 2.23. The maximum absolute atomic E-state index is 10.7. The Kier molecular flexibility index (Phi) is 6.21. The molecule has 0 unspecified atom stereocenters. The Balaban J connectivity index is 4.30. The molecule has 4 N–H and O–H groups in total. The number of esters is 1. The molecule has 84 valence electrons. The number of aliphatic hydroxyl groups excluding tert-OH is 4. The van der Waals surface area contributed by atoms with Gasteiger partial charge in [-0.05, 0) is 0 Å². The first kappa shape index (κ1) is 13.8. The lowest BCUT2D eigenvalue weighted by molar-refractivity contribution is -0.165. The fourth-order valence-corrected chi connectivity index (χ4v) is 1.15. The Hall–Kier alpha value is -0.210. The van der Waals surface area contributed by atoms with Gasteiger partial charge in [-0.3, -0.25) is 0 Å². The van der Waals surface area contributed by atoms with E-state index in [0.717, 1.165) is 7.11 Å². The third-order valence-corrected chi connectivity index (χ3v) is 2.33. The highest BCUT2D eigenvalue weighted by atomic mass is 79.9. The van der Waals surface area contributed by atoms with Crippen LogP contribution in [0, 0.1) is 0 Å². The van der Waals surface area contributed by atoms with Crippen molar-refractivity contribution in [2.75, 3.05) is 12.4 Å². The summed E-state index contributed by atoms with van der Waals surface area (Å²) in [6, 6.07) is 0. The summed E-state index contributed by atoms with van der Waals surface area (Å²) in [5.41, 5.74) is 0. The van der Waals surface area contributed by atoms with Gasteiger partial charge in [-0.2, -0.15) is 0 Å². The van der Waals surface area contributed by atoms with E-state index in [0.29, 0.717) is 0 Å². The second-order valence-corrected chi connectivity index (χ2v) is 3.32. The molecule has 0 aliphatic heterocycles. The van der Waals surface area contributed by atoms with E-state index in [1.165, 1.54) is 0 Å². The van der Waals surface area contributed by atoms with Gasteiger partial charge in [0.15, 0.2) is 6.10 Å². The van der Waals surface area contributed by atoms with Crippen molar-refractivity contribution in [1.29, 1.82) is 0 Å². The highest BCUT2D eigenvalue weighted by Gasteiger charge is 2.34. The van der Waals surface area contributed by atoms with Crippen LogP contribution in [0.1, 0.15) is 0 Å². The summed E-state index contributed by atoms with van der Waals surface area (Å²) in [5, 5.41) is 36.6. The number of methoxy groups -OCH3 is 1. The summed E-state index contributed by atoms with van der Waals surface area (Å²) in [6.07, 6.45) is -6.55. The minimum absolute atomic E-state index is 0.0130. The minimum atomic E-state index is -1.87. The summed E-state index contributed by atoms with van der Waals surface area (Å²) >= 11 is 2.87. The molecule has 7 heteroatoms. The van der Waals surface area contributed by atoms with Crippen molar-refractivity contribution in [3.63, 3.8) is 0 Å². The third-order valence-electron chi connectivity index (χ3n) is 1.67. The number of aliphatic hydroxyl groups is 4. The molecular weight excluding hydrogens is 260 g/mol. The van der Waals surface area contributed by atoms with Gasteiger partial charge in [-0.1, -0.05) is 15.9 Å². The fourth-order valence-electron chi connectivity index (χ4n) is 0.766. The van der Waals surface area contributed by atoms with Gasteiger partial charge < -0.3 is 25.2 Å². The van der Waals surface area contributed by atoms with Crippen LogP contribution in [-0.2, 0) is 9.53 Å². The van der Waals surface area contributed by atoms with Gasteiger partial charge in [0.05, 0.1) is 13.2 Å². The van der Waals surface area contributed by atoms with E-state index in [1.54, 1.807) is 0 Å². The Bertz CT molecular complexity index is 187. The van der Waals surface area contributed by atoms with Crippen molar-refractivity contribution < 1.29 is 30.0 Å². The lowest BCUT2D eigenvalue weighted by Crippen LogP contribution is -2.48. The zero-order valence-corrected chi connectivity index (χ0v) is 9.09. The largest absolute Gasteiger partial charge is 0.467 e. The van der Waals surface area contributed by atoms with Crippen LogP contribution in [0.2, 0.25) is 0 Å². The van der Waals surface area contributed by atoms with Crippen LogP contribution in [0.4, 0.5) is 0 Å². The lowest BCUT2D eigenvalue weighted by Gasteiger charge is -2.23. The number of carbonyl (C=O) groups excluding carboxylic acids is 1. The molecule has 0 amide bonds. The second-order valence-electron chi connectivity index (χ2n) is 2.67. The van der Waals surface area contributed by atoms with Crippen LogP contribution in [0.3, 0.4) is 0 Å². The topological polar surface area (TPSA) is 107 Å². The maximum atomic E-state index is 10.7. The predicted molar refractivity (Wildman–Crippen MR) is 49.8 cm³/mol. The van der Waals surface area contributed by atoms with Crippen molar-refractivity contribution in [3.05, 3.63) is 0 Å². The second kappa shape index (κ2) is 6.31. The number of rotatable bonds is 5. The SMILES string of the molecule is COC(=O)[C@@H](O)[C@H](O)[C@H](O)[C@@H](O)CBr. The average molecular weight is 273 g/mol. The van der Waals surface area contributed by atoms with E-state index >= 15 is 0 Å². The quantitative estimate of drug-likeness (QED) is 0.341. The Morgan fingerprint density at radius 3 is 2.14 bits per heavy atom. The summed E-state index contributed by atoms with van der Waals surface area (Å²) in [4.78, 5) is 10.7. The highest BCUT2D eigenvalue weighted by Crippen LogP contribution is 2.08. The third kappa shape index (κ3) is 3.50. The van der Waals surface area contributed by atoms with Crippen molar-refractivity contribution in [3.8, 4) is 0 Å². The van der Waals surface area contributed by atoms with E-state index in [-0.39, 0.29) is 5.33 Å². The van der Waals surface area contributed by atoms with E-state index in [2.05, 4.69) is 20.7 Å². The first-order valence-electron chi connectivity index (χ1n) is 3.81. The number of hydrogen-bond acceptors (Lipinski definition) is 6. The van der Waals surface area contributed by atoms with Crippen LogP contribution in [0.15, 0.2) is 0 Å². The molecule has 0 aromatic heterocycles. The molecule has 0 aliphatic carbocycles. The fraction of sp³-hybridized carbons (Fsp3) is 0.857. The van der Waals surface area contributed by atoms with Crippen LogP contribution in [0.25, 0.3) is 0 Å². The van der Waals surface area contributed by atoms with Crippen molar-refractivity contribution >= 4 is 21.9 Å². The first-order chi connectivity index (χ1) is 6.45. The molecule has 0 aromatic rings. The van der Waals surface area contributed by atoms with Gasteiger partial charge in [0.1, 0.15) is 12.2 Å². The molecule has 6 nitrogen and oxygen atoms in total. The van der Waals surface area contributed by atoms with Crippen LogP contribution < -0.4 is 0 Å². The van der Waals surface area contributed by atoms with Crippen molar-refractivity contribution in [2.24, 2.45) is 0 Å². The van der Waals surface area contributed by atoms with Gasteiger partial charge in [0.25, 0.3) is 0 Å². The van der Waals surface area contributed by atoms with Crippen LogP contribution in [0.5, 0.6) is 0 Å². The summed E-state index contributed by atoms with van der Waals surface area (Å²) in [5.74, 6) is -1.07. The van der Waals surface area contributed by atoms with E-state index < -0.39 is 30.4 Å². The molecule has 14 heavy (non-hydrogen) atoms. The van der Waals surface area contributed by atoms with Gasteiger partial charge in [-0.25, -0.2) is 4.79 Å². The van der Waals surface area contributed by atoms with E-state index in [1.807, 2.05) is 0 Å². The Morgan fingerprint density at radius 1 is 1.29 bits per heavy atom. The minimum Gasteiger partial charge on any atom is -0.467 e. The molecule has 0 aliphatic rings. The molecule has 0 saturated heterocycles. The molecule has 0 rings (SSSR count). The van der Waals surface area contributed by atoms with Gasteiger partial charge in [0, 0.05) is 5.33 Å². The number of hydrogen-bond donors (Lipinski definition) is 4.